The number of carbonyl (C=O) groups is 1. The highest BCUT2D eigenvalue weighted by Gasteiger charge is 2.35. The fourth-order valence-corrected chi connectivity index (χ4v) is 3.33. The normalized spacial score (nSPS) is 17.8. The number of halogens is 1. The number of ether oxygens (including phenoxy) is 1. The molecule has 3 rings (SSSR count). The van der Waals surface area contributed by atoms with E-state index in [2.05, 4.69) is 5.32 Å². The third-order valence-corrected chi connectivity index (χ3v) is 4.67. The Hall–Kier alpha value is -2.60. The molecule has 0 saturated heterocycles. The molecule has 1 amide bonds. The van der Waals surface area contributed by atoms with E-state index in [1.165, 1.54) is 18.2 Å². The second-order valence-corrected chi connectivity index (χ2v) is 7.46. The number of hydrogen-bond acceptors (Lipinski definition) is 4. The number of carbonyl (C=O) groups excluding carboxylic acids is 1. The zero-order valence-corrected chi connectivity index (χ0v) is 15.5. The Morgan fingerprint density at radius 2 is 2.04 bits per heavy atom. The van der Waals surface area contributed by atoms with Gasteiger partial charge in [0.2, 0.25) is 0 Å². The van der Waals surface area contributed by atoms with Gasteiger partial charge in [0.25, 0.3) is 11.6 Å². The van der Waals surface area contributed by atoms with E-state index in [0.29, 0.717) is 6.42 Å². The molecule has 1 heterocycles. The summed E-state index contributed by atoms with van der Waals surface area (Å²) in [5.74, 6) is 0.282. The first kappa shape index (κ1) is 18.2. The molecule has 0 aromatic heterocycles. The Morgan fingerprint density at radius 1 is 1.31 bits per heavy atom. The minimum Gasteiger partial charge on any atom is -0.487 e. The summed E-state index contributed by atoms with van der Waals surface area (Å²) in [6, 6.07) is 9.37. The molecule has 1 N–H and O–H groups in total. The van der Waals surface area contributed by atoms with Gasteiger partial charge < -0.3 is 10.1 Å². The van der Waals surface area contributed by atoms with Crippen LogP contribution in [0.15, 0.2) is 36.4 Å². The Kier molecular flexibility index (Phi) is 4.63. The zero-order chi connectivity index (χ0) is 19.1. The van der Waals surface area contributed by atoms with Crippen molar-refractivity contribution in [2.75, 3.05) is 0 Å². The van der Waals surface area contributed by atoms with Gasteiger partial charge >= 0.3 is 0 Å². The standard InChI is InChI=1S/C19H19ClN2O4/c1-11-4-6-13-16(10-19(2,3)26-17(13)8-11)21-18(23)14-9-12(22(24)25)5-7-15(14)20/h4-9,16H,10H2,1-3H3,(H,21,23)/t16-/m1/s1. The van der Waals surface area contributed by atoms with Crippen LogP contribution >= 0.6 is 11.6 Å². The van der Waals surface area contributed by atoms with Gasteiger partial charge in [0.15, 0.2) is 0 Å². The molecule has 7 heteroatoms. The van der Waals surface area contributed by atoms with Gasteiger partial charge in [-0.05, 0) is 38.5 Å². The summed E-state index contributed by atoms with van der Waals surface area (Å²) in [5.41, 5.74) is 1.39. The molecule has 0 aliphatic carbocycles. The number of nitro groups is 1. The van der Waals surface area contributed by atoms with Crippen molar-refractivity contribution in [1.82, 2.24) is 5.32 Å². The molecule has 1 aliphatic rings. The van der Waals surface area contributed by atoms with Crippen molar-refractivity contribution < 1.29 is 14.5 Å². The lowest BCUT2D eigenvalue weighted by Crippen LogP contribution is -2.41. The van der Waals surface area contributed by atoms with Crippen LogP contribution in [0.2, 0.25) is 5.02 Å². The summed E-state index contributed by atoms with van der Waals surface area (Å²) >= 11 is 6.08. The summed E-state index contributed by atoms with van der Waals surface area (Å²) in [7, 11) is 0. The van der Waals surface area contributed by atoms with Crippen LogP contribution in [-0.4, -0.2) is 16.4 Å². The summed E-state index contributed by atoms with van der Waals surface area (Å²) in [4.78, 5) is 23.2. The quantitative estimate of drug-likeness (QED) is 0.629. The highest BCUT2D eigenvalue weighted by molar-refractivity contribution is 6.34. The highest BCUT2D eigenvalue weighted by Crippen LogP contribution is 2.40. The van der Waals surface area contributed by atoms with Gasteiger partial charge in [-0.15, -0.1) is 0 Å². The number of amides is 1. The van der Waals surface area contributed by atoms with E-state index >= 15 is 0 Å². The maximum Gasteiger partial charge on any atom is 0.270 e. The molecule has 0 unspecified atom stereocenters. The Labute approximate surface area is 156 Å². The first-order valence-corrected chi connectivity index (χ1v) is 8.58. The predicted molar refractivity (Wildman–Crippen MR) is 98.8 cm³/mol. The molecule has 0 saturated carbocycles. The maximum atomic E-state index is 12.7. The molecule has 1 atom stereocenters. The van der Waals surface area contributed by atoms with Crippen LogP contribution in [0.25, 0.3) is 0 Å². The van der Waals surface area contributed by atoms with Gasteiger partial charge in [0.05, 0.1) is 21.6 Å². The number of fused-ring (bicyclic) bond motifs is 1. The largest absolute Gasteiger partial charge is 0.487 e. The van der Waals surface area contributed by atoms with Crippen molar-refractivity contribution in [3.63, 3.8) is 0 Å². The second-order valence-electron chi connectivity index (χ2n) is 7.05. The third-order valence-electron chi connectivity index (χ3n) is 4.34. The number of nitrogens with zero attached hydrogens (tertiary/aromatic N) is 1. The van der Waals surface area contributed by atoms with Crippen LogP contribution in [0.3, 0.4) is 0 Å². The molecule has 136 valence electrons. The van der Waals surface area contributed by atoms with E-state index < -0.39 is 16.4 Å². The number of hydrogen-bond donors (Lipinski definition) is 1. The average Bonchev–Trinajstić information content (AvgIpc) is 2.53. The van der Waals surface area contributed by atoms with E-state index in [4.69, 9.17) is 16.3 Å². The SMILES string of the molecule is Cc1ccc2c(c1)OC(C)(C)C[C@H]2NC(=O)c1cc([N+](=O)[O-])ccc1Cl. The second kappa shape index (κ2) is 6.61. The first-order valence-electron chi connectivity index (χ1n) is 8.21. The molecule has 0 spiro atoms. The predicted octanol–water partition coefficient (Wildman–Crippen LogP) is 4.59. The van der Waals surface area contributed by atoms with Crippen molar-refractivity contribution in [2.24, 2.45) is 0 Å². The molecule has 26 heavy (non-hydrogen) atoms. The number of non-ortho nitro benzene ring substituents is 1. The lowest BCUT2D eigenvalue weighted by atomic mass is 9.89. The van der Waals surface area contributed by atoms with Gasteiger partial charge in [-0.25, -0.2) is 0 Å². The van der Waals surface area contributed by atoms with E-state index in [1.807, 2.05) is 39.0 Å². The highest BCUT2D eigenvalue weighted by atomic mass is 35.5. The summed E-state index contributed by atoms with van der Waals surface area (Å²) in [6.07, 6.45) is 0.571. The van der Waals surface area contributed by atoms with E-state index in [9.17, 15) is 14.9 Å². The minimum absolute atomic E-state index is 0.0822. The maximum absolute atomic E-state index is 12.7. The average molecular weight is 375 g/mol. The molecule has 1 aliphatic heterocycles. The van der Waals surface area contributed by atoms with Crippen molar-refractivity contribution in [2.45, 2.75) is 38.8 Å². The van der Waals surface area contributed by atoms with Gasteiger partial charge in [-0.3, -0.25) is 14.9 Å². The molecule has 0 bridgehead atoms. The Morgan fingerprint density at radius 3 is 2.73 bits per heavy atom. The van der Waals surface area contributed by atoms with Gasteiger partial charge in [0, 0.05) is 24.1 Å². The number of nitro benzene ring substituents is 1. The van der Waals surface area contributed by atoms with Gasteiger partial charge in [0.1, 0.15) is 11.4 Å². The van der Waals surface area contributed by atoms with Crippen LogP contribution in [0.5, 0.6) is 5.75 Å². The fraction of sp³-hybridized carbons (Fsp3) is 0.316. The molecule has 0 fully saturated rings. The van der Waals surface area contributed by atoms with E-state index in [-0.39, 0.29) is 22.3 Å². The van der Waals surface area contributed by atoms with Gasteiger partial charge in [-0.1, -0.05) is 23.7 Å². The zero-order valence-electron chi connectivity index (χ0n) is 14.7. The lowest BCUT2D eigenvalue weighted by molar-refractivity contribution is -0.384. The molecule has 0 radical (unpaired) electrons. The van der Waals surface area contributed by atoms with E-state index in [0.717, 1.165) is 16.9 Å². The van der Waals surface area contributed by atoms with Crippen LogP contribution in [0, 0.1) is 17.0 Å². The summed E-state index contributed by atoms with van der Waals surface area (Å²) < 4.78 is 6.03. The van der Waals surface area contributed by atoms with Crippen LogP contribution in [-0.2, 0) is 0 Å². The smallest absolute Gasteiger partial charge is 0.270 e. The molecule has 2 aromatic carbocycles. The molecule has 6 nitrogen and oxygen atoms in total. The topological polar surface area (TPSA) is 81.5 Å². The number of benzene rings is 2. The Balaban J connectivity index is 1.93. The first-order chi connectivity index (χ1) is 12.2. The van der Waals surface area contributed by atoms with Crippen molar-refractivity contribution in [1.29, 1.82) is 0 Å². The summed E-state index contributed by atoms with van der Waals surface area (Å²) in [5, 5.41) is 14.1. The minimum atomic E-state index is -0.553. The third kappa shape index (κ3) is 3.65. The monoisotopic (exact) mass is 374 g/mol. The van der Waals surface area contributed by atoms with Gasteiger partial charge in [-0.2, -0.15) is 0 Å². The van der Waals surface area contributed by atoms with Crippen molar-refractivity contribution >= 4 is 23.2 Å². The fourth-order valence-electron chi connectivity index (χ4n) is 3.12. The number of nitrogens with one attached hydrogen (secondary N) is 1. The molecular weight excluding hydrogens is 356 g/mol. The van der Waals surface area contributed by atoms with Crippen LogP contribution < -0.4 is 10.1 Å². The lowest BCUT2D eigenvalue weighted by Gasteiger charge is -2.38. The van der Waals surface area contributed by atoms with Crippen molar-refractivity contribution in [3.8, 4) is 5.75 Å². The molecular formula is C19H19ClN2O4. The summed E-state index contributed by atoms with van der Waals surface area (Å²) in [6.45, 7) is 5.89. The van der Waals surface area contributed by atoms with Crippen molar-refractivity contribution in [3.05, 3.63) is 68.2 Å². The molecule has 2 aromatic rings. The number of rotatable bonds is 3. The van der Waals surface area contributed by atoms with Crippen LogP contribution in [0.4, 0.5) is 5.69 Å². The Bertz CT molecular complexity index is 895. The number of aryl methyl sites for hydroxylation is 1. The van der Waals surface area contributed by atoms with E-state index in [1.54, 1.807) is 0 Å². The van der Waals surface area contributed by atoms with Crippen LogP contribution in [0.1, 0.15) is 47.8 Å².